The second-order valence-corrected chi connectivity index (χ2v) is 3.76. The molecule has 1 aliphatic rings. The van der Waals surface area contributed by atoms with Gasteiger partial charge in [-0.05, 0) is 18.2 Å². The lowest BCUT2D eigenvalue weighted by atomic mass is 10.00. The Kier molecular flexibility index (Phi) is 1.51. The summed E-state index contributed by atoms with van der Waals surface area (Å²) in [6, 6.07) is 8.17. The topological polar surface area (TPSA) is 22.1 Å². The molecule has 1 aromatic carbocycles. The number of fused-ring (bicyclic) bond motifs is 3. The number of hydrogen-bond donors (Lipinski definition) is 0. The number of pyridine rings is 1. The average Bonchev–Trinajstić information content (AvgIpc) is 2.61. The van der Waals surface area contributed by atoms with Gasteiger partial charge in [0, 0.05) is 23.1 Å². The Balaban J connectivity index is 2.41. The summed E-state index contributed by atoms with van der Waals surface area (Å²) in [5.41, 5.74) is 2.36. The van der Waals surface area contributed by atoms with Crippen molar-refractivity contribution in [1.82, 2.24) is 4.98 Å². The summed E-state index contributed by atoms with van der Waals surface area (Å²) < 4.78 is 5.58. The molecule has 2 heteroatoms. The van der Waals surface area contributed by atoms with Crippen LogP contribution in [0.5, 0.6) is 5.75 Å². The van der Waals surface area contributed by atoms with Gasteiger partial charge in [0.05, 0.1) is 12.1 Å². The highest BCUT2D eigenvalue weighted by Gasteiger charge is 2.22. The van der Waals surface area contributed by atoms with Crippen molar-refractivity contribution in [3.63, 3.8) is 0 Å². The van der Waals surface area contributed by atoms with E-state index in [1.54, 1.807) is 0 Å². The molecule has 0 fully saturated rings. The quantitative estimate of drug-likeness (QED) is 0.629. The Bertz CT molecular complexity index is 493. The maximum Gasteiger partial charge on any atom is 0.125 e. The van der Waals surface area contributed by atoms with Gasteiger partial charge in [0.25, 0.3) is 0 Å². The van der Waals surface area contributed by atoms with Crippen molar-refractivity contribution in [2.45, 2.75) is 12.8 Å². The Labute approximate surface area is 82.5 Å². The lowest BCUT2D eigenvalue weighted by Crippen LogP contribution is -1.94. The molecule has 0 spiro atoms. The van der Waals surface area contributed by atoms with Gasteiger partial charge in [-0.2, -0.15) is 0 Å². The SMILES string of the molecule is CC1COc2ccc3cccnc3c21. The molecule has 0 saturated heterocycles. The van der Waals surface area contributed by atoms with Crippen molar-refractivity contribution >= 4 is 10.9 Å². The fraction of sp³-hybridized carbons (Fsp3) is 0.250. The highest BCUT2D eigenvalue weighted by atomic mass is 16.5. The van der Waals surface area contributed by atoms with E-state index in [-0.39, 0.29) is 0 Å². The molecule has 1 aliphatic heterocycles. The van der Waals surface area contributed by atoms with Crippen molar-refractivity contribution in [2.24, 2.45) is 0 Å². The highest BCUT2D eigenvalue weighted by Crippen LogP contribution is 2.37. The van der Waals surface area contributed by atoms with Crippen molar-refractivity contribution in [3.8, 4) is 5.75 Å². The summed E-state index contributed by atoms with van der Waals surface area (Å²) in [4.78, 5) is 4.42. The molecule has 0 amide bonds. The molecule has 2 nitrogen and oxygen atoms in total. The molecule has 3 rings (SSSR count). The van der Waals surface area contributed by atoms with Crippen LogP contribution in [0.2, 0.25) is 0 Å². The summed E-state index contributed by atoms with van der Waals surface area (Å²) >= 11 is 0. The monoisotopic (exact) mass is 185 g/mol. The minimum atomic E-state index is 0.462. The molecule has 0 radical (unpaired) electrons. The molecule has 1 atom stereocenters. The average molecular weight is 185 g/mol. The predicted molar refractivity (Wildman–Crippen MR) is 55.7 cm³/mol. The summed E-state index contributed by atoms with van der Waals surface area (Å²) in [7, 11) is 0. The van der Waals surface area contributed by atoms with Gasteiger partial charge in [0.15, 0.2) is 0 Å². The van der Waals surface area contributed by atoms with Crippen LogP contribution in [-0.4, -0.2) is 11.6 Å². The highest BCUT2D eigenvalue weighted by molar-refractivity contribution is 5.85. The Morgan fingerprint density at radius 1 is 1.36 bits per heavy atom. The number of rotatable bonds is 0. The first kappa shape index (κ1) is 7.80. The number of benzene rings is 1. The molecule has 70 valence electrons. The molecule has 0 aliphatic carbocycles. The maximum absolute atomic E-state index is 5.58. The van der Waals surface area contributed by atoms with E-state index in [0.717, 1.165) is 17.9 Å². The van der Waals surface area contributed by atoms with Crippen LogP contribution in [0.15, 0.2) is 30.5 Å². The first-order chi connectivity index (χ1) is 6.86. The number of nitrogens with zero attached hydrogens (tertiary/aromatic N) is 1. The lowest BCUT2D eigenvalue weighted by molar-refractivity contribution is 0.337. The van der Waals surface area contributed by atoms with Crippen LogP contribution in [0, 0.1) is 0 Å². The minimum Gasteiger partial charge on any atom is -0.493 e. The first-order valence-electron chi connectivity index (χ1n) is 4.86. The molecule has 2 aromatic rings. The van der Waals surface area contributed by atoms with Crippen molar-refractivity contribution < 1.29 is 4.74 Å². The van der Waals surface area contributed by atoms with E-state index in [4.69, 9.17) is 4.74 Å². The zero-order valence-corrected chi connectivity index (χ0v) is 8.03. The molecule has 0 saturated carbocycles. The van der Waals surface area contributed by atoms with Gasteiger partial charge in [0.2, 0.25) is 0 Å². The largest absolute Gasteiger partial charge is 0.493 e. The van der Waals surface area contributed by atoms with Crippen molar-refractivity contribution in [1.29, 1.82) is 0 Å². The van der Waals surface area contributed by atoms with Gasteiger partial charge in [-0.1, -0.05) is 13.0 Å². The van der Waals surface area contributed by atoms with Crippen LogP contribution in [0.3, 0.4) is 0 Å². The molecule has 1 unspecified atom stereocenters. The van der Waals surface area contributed by atoms with Crippen LogP contribution in [0.4, 0.5) is 0 Å². The van der Waals surface area contributed by atoms with E-state index in [1.807, 2.05) is 18.3 Å². The van der Waals surface area contributed by atoms with Crippen LogP contribution >= 0.6 is 0 Å². The fourth-order valence-corrected chi connectivity index (χ4v) is 2.05. The lowest BCUT2D eigenvalue weighted by Gasteiger charge is -2.04. The van der Waals surface area contributed by atoms with Gasteiger partial charge in [0.1, 0.15) is 5.75 Å². The Hall–Kier alpha value is -1.57. The Morgan fingerprint density at radius 2 is 2.29 bits per heavy atom. The summed E-state index contributed by atoms with van der Waals surface area (Å²) in [5.74, 6) is 1.47. The third-order valence-corrected chi connectivity index (χ3v) is 2.76. The third-order valence-electron chi connectivity index (χ3n) is 2.76. The van der Waals surface area contributed by atoms with Gasteiger partial charge >= 0.3 is 0 Å². The number of hydrogen-bond acceptors (Lipinski definition) is 2. The van der Waals surface area contributed by atoms with Gasteiger partial charge in [-0.3, -0.25) is 4.98 Å². The van der Waals surface area contributed by atoms with Gasteiger partial charge in [-0.25, -0.2) is 0 Å². The zero-order chi connectivity index (χ0) is 9.54. The standard InChI is InChI=1S/C12H11NO/c1-8-7-14-10-5-4-9-3-2-6-13-12(9)11(8)10/h2-6,8H,7H2,1H3. The van der Waals surface area contributed by atoms with E-state index in [1.165, 1.54) is 10.9 Å². The van der Waals surface area contributed by atoms with Crippen LogP contribution in [0.25, 0.3) is 10.9 Å². The van der Waals surface area contributed by atoms with Crippen LogP contribution < -0.4 is 4.74 Å². The normalized spacial score (nSPS) is 19.4. The number of aromatic nitrogens is 1. The second-order valence-electron chi connectivity index (χ2n) is 3.76. The van der Waals surface area contributed by atoms with Gasteiger partial charge in [-0.15, -0.1) is 0 Å². The van der Waals surface area contributed by atoms with Crippen LogP contribution in [0.1, 0.15) is 18.4 Å². The molecule has 1 aromatic heterocycles. The third kappa shape index (κ3) is 0.939. The van der Waals surface area contributed by atoms with Crippen molar-refractivity contribution in [3.05, 3.63) is 36.0 Å². The fourth-order valence-electron chi connectivity index (χ4n) is 2.05. The summed E-state index contributed by atoms with van der Waals surface area (Å²) in [6.07, 6.45) is 1.84. The molecular formula is C12H11NO. The minimum absolute atomic E-state index is 0.462. The zero-order valence-electron chi connectivity index (χ0n) is 8.03. The second kappa shape index (κ2) is 2.71. The number of ether oxygens (including phenoxy) is 1. The maximum atomic E-state index is 5.58. The van der Waals surface area contributed by atoms with E-state index < -0.39 is 0 Å². The summed E-state index contributed by atoms with van der Waals surface area (Å²) in [5, 5.41) is 1.20. The van der Waals surface area contributed by atoms with E-state index in [2.05, 4.69) is 24.0 Å². The predicted octanol–water partition coefficient (Wildman–Crippen LogP) is 2.73. The van der Waals surface area contributed by atoms with Gasteiger partial charge < -0.3 is 4.74 Å². The molecular weight excluding hydrogens is 174 g/mol. The van der Waals surface area contributed by atoms with E-state index in [0.29, 0.717) is 5.92 Å². The Morgan fingerprint density at radius 3 is 3.21 bits per heavy atom. The molecule has 0 bridgehead atoms. The summed E-state index contributed by atoms with van der Waals surface area (Å²) in [6.45, 7) is 2.96. The van der Waals surface area contributed by atoms with Crippen LogP contribution in [-0.2, 0) is 0 Å². The first-order valence-corrected chi connectivity index (χ1v) is 4.86. The van der Waals surface area contributed by atoms with E-state index in [9.17, 15) is 0 Å². The van der Waals surface area contributed by atoms with E-state index >= 15 is 0 Å². The smallest absolute Gasteiger partial charge is 0.125 e. The molecule has 14 heavy (non-hydrogen) atoms. The van der Waals surface area contributed by atoms with Crippen molar-refractivity contribution in [2.75, 3.05) is 6.61 Å². The molecule has 2 heterocycles. The molecule has 0 N–H and O–H groups in total.